The number of nitrogens with zero attached hydrogens (tertiary/aromatic N) is 3. The highest BCUT2D eigenvalue weighted by molar-refractivity contribution is 7.99. The largest absolute Gasteiger partial charge is 0.368 e. The molecule has 134 valence electrons. The van der Waals surface area contributed by atoms with Gasteiger partial charge in [0.1, 0.15) is 5.82 Å². The molecule has 0 saturated heterocycles. The van der Waals surface area contributed by atoms with Crippen LogP contribution in [0.5, 0.6) is 0 Å². The van der Waals surface area contributed by atoms with E-state index in [0.29, 0.717) is 13.1 Å². The van der Waals surface area contributed by atoms with Crippen LogP contribution in [0, 0.1) is 6.92 Å². The van der Waals surface area contributed by atoms with Gasteiger partial charge in [-0.25, -0.2) is 4.98 Å². The molecule has 1 aliphatic heterocycles. The number of hydrogen-bond acceptors (Lipinski definition) is 6. The summed E-state index contributed by atoms with van der Waals surface area (Å²) < 4.78 is 0. The molecule has 0 atom stereocenters. The molecule has 1 aliphatic rings. The van der Waals surface area contributed by atoms with E-state index in [1.807, 2.05) is 11.8 Å². The fraction of sp³-hybridized carbons (Fsp3) is 0.300. The Hall–Kier alpha value is -2.31. The monoisotopic (exact) mass is 365 g/mol. The highest BCUT2D eigenvalue weighted by atomic mass is 32.2. The molecule has 0 amide bonds. The van der Waals surface area contributed by atoms with Gasteiger partial charge in [-0.15, -0.1) is 11.8 Å². The van der Waals surface area contributed by atoms with E-state index < -0.39 is 0 Å². The van der Waals surface area contributed by atoms with E-state index >= 15 is 0 Å². The van der Waals surface area contributed by atoms with Gasteiger partial charge in [0, 0.05) is 42.2 Å². The summed E-state index contributed by atoms with van der Waals surface area (Å²) in [5, 5.41) is 4.42. The number of aryl methyl sites for hydroxylation is 1. The Labute approximate surface area is 158 Å². The lowest BCUT2D eigenvalue weighted by atomic mass is 10.1. The van der Waals surface area contributed by atoms with Gasteiger partial charge in [-0.2, -0.15) is 4.98 Å². The van der Waals surface area contributed by atoms with Crippen LogP contribution in [0.25, 0.3) is 10.9 Å². The fourth-order valence-electron chi connectivity index (χ4n) is 3.19. The lowest BCUT2D eigenvalue weighted by Gasteiger charge is -2.22. The minimum absolute atomic E-state index is 0.570. The van der Waals surface area contributed by atoms with E-state index in [9.17, 15) is 0 Å². The molecule has 4 rings (SSSR count). The smallest absolute Gasteiger partial charge is 0.228 e. The summed E-state index contributed by atoms with van der Waals surface area (Å²) in [6.45, 7) is 5.10. The van der Waals surface area contributed by atoms with Crippen LogP contribution in [-0.4, -0.2) is 35.4 Å². The zero-order valence-corrected chi connectivity index (χ0v) is 15.7. The molecule has 1 aromatic heterocycles. The van der Waals surface area contributed by atoms with Crippen molar-refractivity contribution < 1.29 is 0 Å². The molecule has 0 radical (unpaired) electrons. The van der Waals surface area contributed by atoms with Crippen molar-refractivity contribution in [3.05, 3.63) is 53.6 Å². The fourth-order valence-corrected chi connectivity index (χ4v) is 4.22. The van der Waals surface area contributed by atoms with Crippen molar-refractivity contribution in [3.63, 3.8) is 0 Å². The Kier molecular flexibility index (Phi) is 4.95. The van der Waals surface area contributed by atoms with E-state index in [1.54, 1.807) is 0 Å². The molecular formula is C20H23N5S. The van der Waals surface area contributed by atoms with Gasteiger partial charge < -0.3 is 16.0 Å². The second-order valence-corrected chi connectivity index (χ2v) is 7.62. The quantitative estimate of drug-likeness (QED) is 0.738. The molecule has 0 bridgehead atoms. The van der Waals surface area contributed by atoms with Crippen molar-refractivity contribution in [1.29, 1.82) is 0 Å². The molecule has 2 heterocycles. The molecule has 0 spiro atoms. The summed E-state index contributed by atoms with van der Waals surface area (Å²) in [6.07, 6.45) is 0. The van der Waals surface area contributed by atoms with Gasteiger partial charge in [-0.1, -0.05) is 29.8 Å². The lowest BCUT2D eigenvalue weighted by molar-refractivity contribution is 0.800. The first-order valence-corrected chi connectivity index (χ1v) is 9.91. The SMILES string of the molecule is Cc1ccc2nc(N3CCSc4ccccc4C3)nc(NCCN)c2c1. The Morgan fingerprint density at radius 3 is 2.96 bits per heavy atom. The molecule has 3 aromatic rings. The zero-order valence-electron chi connectivity index (χ0n) is 14.9. The molecule has 5 nitrogen and oxygen atoms in total. The number of rotatable bonds is 4. The van der Waals surface area contributed by atoms with Crippen molar-refractivity contribution in [2.24, 2.45) is 5.73 Å². The normalized spacial score (nSPS) is 14.2. The maximum Gasteiger partial charge on any atom is 0.228 e. The minimum Gasteiger partial charge on any atom is -0.368 e. The van der Waals surface area contributed by atoms with Crippen LogP contribution in [0.4, 0.5) is 11.8 Å². The number of hydrogen-bond donors (Lipinski definition) is 2. The lowest BCUT2D eigenvalue weighted by Crippen LogP contribution is -2.26. The number of anilines is 2. The third kappa shape index (κ3) is 3.48. The Balaban J connectivity index is 1.75. The average molecular weight is 366 g/mol. The number of fused-ring (bicyclic) bond motifs is 2. The number of thioether (sulfide) groups is 1. The maximum atomic E-state index is 5.69. The van der Waals surface area contributed by atoms with Crippen LogP contribution >= 0.6 is 11.8 Å². The average Bonchev–Trinajstić information content (AvgIpc) is 2.88. The third-order valence-electron chi connectivity index (χ3n) is 4.51. The zero-order chi connectivity index (χ0) is 17.9. The summed E-state index contributed by atoms with van der Waals surface area (Å²) in [4.78, 5) is 13.3. The van der Waals surface area contributed by atoms with Crippen molar-refractivity contribution >= 4 is 34.4 Å². The molecule has 3 N–H and O–H groups in total. The van der Waals surface area contributed by atoms with Gasteiger partial charge >= 0.3 is 0 Å². The van der Waals surface area contributed by atoms with Crippen LogP contribution in [0.15, 0.2) is 47.4 Å². The second kappa shape index (κ2) is 7.51. The van der Waals surface area contributed by atoms with E-state index in [0.717, 1.165) is 41.5 Å². The van der Waals surface area contributed by atoms with Gasteiger partial charge in [0.25, 0.3) is 0 Å². The summed E-state index contributed by atoms with van der Waals surface area (Å²) >= 11 is 1.90. The summed E-state index contributed by atoms with van der Waals surface area (Å²) in [5.74, 6) is 2.67. The summed E-state index contributed by atoms with van der Waals surface area (Å²) in [5.41, 5.74) is 9.18. The molecule has 6 heteroatoms. The van der Waals surface area contributed by atoms with Crippen LogP contribution in [0.3, 0.4) is 0 Å². The van der Waals surface area contributed by atoms with Gasteiger partial charge in [0.2, 0.25) is 5.95 Å². The molecule has 2 aromatic carbocycles. The van der Waals surface area contributed by atoms with Crippen molar-refractivity contribution in [3.8, 4) is 0 Å². The van der Waals surface area contributed by atoms with Crippen molar-refractivity contribution in [1.82, 2.24) is 9.97 Å². The van der Waals surface area contributed by atoms with Crippen molar-refractivity contribution in [2.45, 2.75) is 18.4 Å². The van der Waals surface area contributed by atoms with Crippen LogP contribution < -0.4 is 16.0 Å². The van der Waals surface area contributed by atoms with Crippen LogP contribution in [0.2, 0.25) is 0 Å². The number of nitrogens with two attached hydrogens (primary N) is 1. The first kappa shape index (κ1) is 17.1. The topological polar surface area (TPSA) is 67.1 Å². The van der Waals surface area contributed by atoms with E-state index in [4.69, 9.17) is 15.7 Å². The molecule has 0 fully saturated rings. The van der Waals surface area contributed by atoms with Gasteiger partial charge in [-0.3, -0.25) is 0 Å². The first-order chi connectivity index (χ1) is 12.7. The highest BCUT2D eigenvalue weighted by Gasteiger charge is 2.18. The van der Waals surface area contributed by atoms with E-state index in [1.165, 1.54) is 16.0 Å². The van der Waals surface area contributed by atoms with Gasteiger partial charge in [0.15, 0.2) is 0 Å². The molecule has 0 aliphatic carbocycles. The van der Waals surface area contributed by atoms with Gasteiger partial charge in [-0.05, 0) is 30.7 Å². The van der Waals surface area contributed by atoms with Crippen molar-refractivity contribution in [2.75, 3.05) is 35.6 Å². The Morgan fingerprint density at radius 2 is 2.08 bits per heavy atom. The summed E-state index contributed by atoms with van der Waals surface area (Å²) in [7, 11) is 0. The molecule has 0 saturated carbocycles. The Bertz CT molecular complexity index is 927. The second-order valence-electron chi connectivity index (χ2n) is 6.49. The van der Waals surface area contributed by atoms with Crippen LogP contribution in [0.1, 0.15) is 11.1 Å². The predicted molar refractivity (Wildman–Crippen MR) is 110 cm³/mol. The molecular weight excluding hydrogens is 342 g/mol. The van der Waals surface area contributed by atoms with E-state index in [2.05, 4.69) is 59.6 Å². The third-order valence-corrected chi connectivity index (χ3v) is 5.61. The number of benzene rings is 2. The molecule has 26 heavy (non-hydrogen) atoms. The summed E-state index contributed by atoms with van der Waals surface area (Å²) in [6, 6.07) is 14.9. The number of nitrogens with one attached hydrogen (secondary N) is 1. The first-order valence-electron chi connectivity index (χ1n) is 8.92. The van der Waals surface area contributed by atoms with Gasteiger partial charge in [0.05, 0.1) is 5.52 Å². The molecule has 0 unspecified atom stereocenters. The van der Waals surface area contributed by atoms with E-state index in [-0.39, 0.29) is 0 Å². The minimum atomic E-state index is 0.570. The predicted octanol–water partition coefficient (Wildman–Crippen LogP) is 3.42. The van der Waals surface area contributed by atoms with Crippen LogP contribution in [-0.2, 0) is 6.54 Å². The number of aromatic nitrogens is 2. The highest BCUT2D eigenvalue weighted by Crippen LogP contribution is 2.30. The standard InChI is InChI=1S/C20H23N5S/c1-14-6-7-17-16(12-14)19(22-9-8-21)24-20(23-17)25-10-11-26-18-5-3-2-4-15(18)13-25/h2-7,12H,8-11,13,21H2,1H3,(H,22,23,24). The Morgan fingerprint density at radius 1 is 1.19 bits per heavy atom. The maximum absolute atomic E-state index is 5.69.